The predicted octanol–water partition coefficient (Wildman–Crippen LogP) is 1.38. The molecule has 2 unspecified atom stereocenters. The third-order valence-electron chi connectivity index (χ3n) is 3.32. The number of nitrogens with zero attached hydrogens (tertiary/aromatic N) is 2. The molecule has 6 heteroatoms. The van der Waals surface area contributed by atoms with Crippen molar-refractivity contribution >= 4 is 5.82 Å². The molecule has 0 aromatic carbocycles. The summed E-state index contributed by atoms with van der Waals surface area (Å²) in [6, 6.07) is 1.75. The molecule has 1 fully saturated rings. The molecular weight excluding hydrogens is 258 g/mol. The van der Waals surface area contributed by atoms with E-state index in [0.717, 1.165) is 26.1 Å². The second-order valence-electron chi connectivity index (χ2n) is 5.06. The quantitative estimate of drug-likeness (QED) is 0.786. The summed E-state index contributed by atoms with van der Waals surface area (Å²) in [5.74, 6) is 2.41. The molecule has 1 aromatic heterocycles. The summed E-state index contributed by atoms with van der Waals surface area (Å²) in [5, 5.41) is 12.8. The Bertz CT molecular complexity index is 422. The second-order valence-corrected chi connectivity index (χ2v) is 5.06. The number of aliphatic hydroxyl groups excluding tert-OH is 1. The normalized spacial score (nSPS) is 19.9. The van der Waals surface area contributed by atoms with E-state index < -0.39 is 0 Å². The average molecular weight is 281 g/mol. The van der Waals surface area contributed by atoms with E-state index in [0.29, 0.717) is 30.0 Å². The van der Waals surface area contributed by atoms with Gasteiger partial charge in [0.25, 0.3) is 0 Å². The highest BCUT2D eigenvalue weighted by molar-refractivity contribution is 5.39. The fourth-order valence-electron chi connectivity index (χ4n) is 2.40. The van der Waals surface area contributed by atoms with Crippen LogP contribution in [0.2, 0.25) is 0 Å². The first-order valence-electron chi connectivity index (χ1n) is 7.15. The van der Waals surface area contributed by atoms with Gasteiger partial charge in [-0.1, -0.05) is 0 Å². The molecule has 1 aliphatic rings. The Hall–Kier alpha value is -1.40. The van der Waals surface area contributed by atoms with E-state index in [4.69, 9.17) is 9.47 Å². The summed E-state index contributed by atoms with van der Waals surface area (Å²) in [4.78, 5) is 8.54. The maximum atomic E-state index is 9.51. The van der Waals surface area contributed by atoms with Gasteiger partial charge in [0.15, 0.2) is 0 Å². The summed E-state index contributed by atoms with van der Waals surface area (Å²) in [6.07, 6.45) is 1.94. The van der Waals surface area contributed by atoms with Crippen molar-refractivity contribution in [1.29, 1.82) is 0 Å². The standard InChI is InChI=1S/C14H23N3O3/c1-3-20-14-7-13(15-10(2)16-14)17-12(8-18)6-11-4-5-19-9-11/h7,11-12,18H,3-6,8-9H2,1-2H3,(H,15,16,17). The van der Waals surface area contributed by atoms with Crippen molar-refractivity contribution in [3.8, 4) is 5.88 Å². The van der Waals surface area contributed by atoms with Gasteiger partial charge in [-0.3, -0.25) is 0 Å². The Kier molecular flexibility index (Phi) is 5.55. The topological polar surface area (TPSA) is 76.5 Å². The van der Waals surface area contributed by atoms with Crippen molar-refractivity contribution in [3.05, 3.63) is 11.9 Å². The molecule has 1 aliphatic heterocycles. The Morgan fingerprint density at radius 3 is 3.05 bits per heavy atom. The van der Waals surface area contributed by atoms with E-state index in [9.17, 15) is 5.11 Å². The van der Waals surface area contributed by atoms with Crippen molar-refractivity contribution in [2.45, 2.75) is 32.7 Å². The number of ether oxygens (including phenoxy) is 2. The molecule has 0 saturated carbocycles. The van der Waals surface area contributed by atoms with Gasteiger partial charge in [-0.15, -0.1) is 0 Å². The van der Waals surface area contributed by atoms with Gasteiger partial charge in [0.2, 0.25) is 5.88 Å². The van der Waals surface area contributed by atoms with Crippen molar-refractivity contribution < 1.29 is 14.6 Å². The van der Waals surface area contributed by atoms with Gasteiger partial charge >= 0.3 is 0 Å². The van der Waals surface area contributed by atoms with Gasteiger partial charge in [-0.2, -0.15) is 4.98 Å². The van der Waals surface area contributed by atoms with Gasteiger partial charge < -0.3 is 19.9 Å². The molecule has 0 bridgehead atoms. The molecule has 2 rings (SSSR count). The van der Waals surface area contributed by atoms with Gasteiger partial charge in [0.1, 0.15) is 11.6 Å². The molecule has 0 spiro atoms. The second kappa shape index (κ2) is 7.40. The lowest BCUT2D eigenvalue weighted by Gasteiger charge is -2.20. The summed E-state index contributed by atoms with van der Waals surface area (Å²) in [6.45, 7) is 5.99. The first kappa shape index (κ1) is 15.0. The highest BCUT2D eigenvalue weighted by atomic mass is 16.5. The number of nitrogens with one attached hydrogen (secondary N) is 1. The number of anilines is 1. The number of aliphatic hydroxyl groups is 1. The van der Waals surface area contributed by atoms with Crippen LogP contribution in [0.3, 0.4) is 0 Å². The molecule has 1 aromatic rings. The molecule has 2 N–H and O–H groups in total. The third-order valence-corrected chi connectivity index (χ3v) is 3.32. The van der Waals surface area contributed by atoms with Crippen molar-refractivity contribution in [2.75, 3.05) is 31.7 Å². The molecule has 112 valence electrons. The van der Waals surface area contributed by atoms with Crippen LogP contribution in [-0.4, -0.2) is 47.5 Å². The van der Waals surface area contributed by atoms with Gasteiger partial charge in [0, 0.05) is 19.3 Å². The lowest BCUT2D eigenvalue weighted by Crippen LogP contribution is -2.27. The van der Waals surface area contributed by atoms with Gasteiger partial charge in [-0.05, 0) is 32.6 Å². The van der Waals surface area contributed by atoms with E-state index in [1.807, 2.05) is 13.8 Å². The summed E-state index contributed by atoms with van der Waals surface area (Å²) < 4.78 is 10.8. The average Bonchev–Trinajstić information content (AvgIpc) is 2.90. The van der Waals surface area contributed by atoms with Crippen LogP contribution in [0.1, 0.15) is 25.6 Å². The van der Waals surface area contributed by atoms with E-state index in [1.165, 1.54) is 0 Å². The lowest BCUT2D eigenvalue weighted by atomic mass is 9.99. The fraction of sp³-hybridized carbons (Fsp3) is 0.714. The number of hydrogen-bond acceptors (Lipinski definition) is 6. The minimum Gasteiger partial charge on any atom is -0.478 e. The zero-order valence-electron chi connectivity index (χ0n) is 12.1. The molecule has 0 amide bonds. The van der Waals surface area contributed by atoms with Crippen molar-refractivity contribution in [2.24, 2.45) is 5.92 Å². The third kappa shape index (κ3) is 4.31. The molecule has 2 atom stereocenters. The van der Waals surface area contributed by atoms with Gasteiger partial charge in [-0.25, -0.2) is 4.98 Å². The monoisotopic (exact) mass is 281 g/mol. The summed E-state index contributed by atoms with van der Waals surface area (Å²) in [5.41, 5.74) is 0. The SMILES string of the molecule is CCOc1cc(NC(CO)CC2CCOC2)nc(C)n1. The minimum absolute atomic E-state index is 0.0227. The Labute approximate surface area is 119 Å². The summed E-state index contributed by atoms with van der Waals surface area (Å²) >= 11 is 0. The van der Waals surface area contributed by atoms with Crippen LogP contribution in [0.15, 0.2) is 6.07 Å². The Morgan fingerprint density at radius 2 is 2.40 bits per heavy atom. The fourth-order valence-corrected chi connectivity index (χ4v) is 2.40. The molecular formula is C14H23N3O3. The van der Waals surface area contributed by atoms with Crippen LogP contribution in [0.25, 0.3) is 0 Å². The first-order valence-corrected chi connectivity index (χ1v) is 7.15. The molecule has 0 radical (unpaired) electrons. The van der Waals surface area contributed by atoms with E-state index >= 15 is 0 Å². The number of rotatable bonds is 7. The number of aromatic nitrogens is 2. The molecule has 6 nitrogen and oxygen atoms in total. The Morgan fingerprint density at radius 1 is 1.55 bits per heavy atom. The van der Waals surface area contributed by atoms with Crippen LogP contribution in [-0.2, 0) is 4.74 Å². The smallest absolute Gasteiger partial charge is 0.218 e. The highest BCUT2D eigenvalue weighted by Crippen LogP contribution is 2.21. The van der Waals surface area contributed by atoms with E-state index in [1.54, 1.807) is 6.07 Å². The van der Waals surface area contributed by atoms with Crippen LogP contribution >= 0.6 is 0 Å². The highest BCUT2D eigenvalue weighted by Gasteiger charge is 2.20. The van der Waals surface area contributed by atoms with Crippen LogP contribution in [0.5, 0.6) is 5.88 Å². The summed E-state index contributed by atoms with van der Waals surface area (Å²) in [7, 11) is 0. The van der Waals surface area contributed by atoms with Gasteiger partial charge in [0.05, 0.1) is 19.3 Å². The first-order chi connectivity index (χ1) is 9.71. The number of aryl methyl sites for hydroxylation is 1. The van der Waals surface area contributed by atoms with Crippen molar-refractivity contribution in [3.63, 3.8) is 0 Å². The zero-order chi connectivity index (χ0) is 14.4. The van der Waals surface area contributed by atoms with E-state index in [2.05, 4.69) is 15.3 Å². The van der Waals surface area contributed by atoms with Crippen LogP contribution in [0.4, 0.5) is 5.82 Å². The van der Waals surface area contributed by atoms with Crippen LogP contribution in [0, 0.1) is 12.8 Å². The maximum absolute atomic E-state index is 9.51. The minimum atomic E-state index is -0.0227. The maximum Gasteiger partial charge on any atom is 0.218 e. The van der Waals surface area contributed by atoms with Crippen molar-refractivity contribution in [1.82, 2.24) is 9.97 Å². The van der Waals surface area contributed by atoms with E-state index in [-0.39, 0.29) is 12.6 Å². The molecule has 0 aliphatic carbocycles. The Balaban J connectivity index is 1.98. The number of hydrogen-bond donors (Lipinski definition) is 2. The predicted molar refractivity (Wildman–Crippen MR) is 76.0 cm³/mol. The lowest BCUT2D eigenvalue weighted by molar-refractivity contribution is 0.179. The molecule has 1 saturated heterocycles. The zero-order valence-corrected chi connectivity index (χ0v) is 12.1. The molecule has 2 heterocycles. The largest absolute Gasteiger partial charge is 0.478 e. The molecule has 20 heavy (non-hydrogen) atoms. The van der Waals surface area contributed by atoms with Crippen LogP contribution < -0.4 is 10.1 Å².